The van der Waals surface area contributed by atoms with Crippen LogP contribution in [0.15, 0.2) is 18.2 Å². The van der Waals surface area contributed by atoms with Crippen LogP contribution in [0.4, 0.5) is 0 Å². The molecular formula is C17H22ClNO4. The Morgan fingerprint density at radius 3 is 2.83 bits per heavy atom. The molecule has 1 aromatic rings. The van der Waals surface area contributed by atoms with Crippen molar-refractivity contribution in [3.8, 4) is 5.75 Å². The Hall–Kier alpha value is -1.75. The van der Waals surface area contributed by atoms with Crippen LogP contribution in [0.1, 0.15) is 32.3 Å². The highest BCUT2D eigenvalue weighted by molar-refractivity contribution is 6.32. The van der Waals surface area contributed by atoms with E-state index >= 15 is 0 Å². The molecule has 0 spiro atoms. The SMILES string of the molecule is CCOc1c(Cl)cccc1CC(=O)N1CCC[C@H](C(=O)O)[C@@H]1C. The summed E-state index contributed by atoms with van der Waals surface area (Å²) >= 11 is 6.14. The van der Waals surface area contributed by atoms with Gasteiger partial charge in [-0.2, -0.15) is 0 Å². The first-order valence-electron chi connectivity index (χ1n) is 7.88. The number of likely N-dealkylation sites (tertiary alicyclic amines) is 1. The molecule has 0 aromatic heterocycles. The number of benzene rings is 1. The molecule has 5 nitrogen and oxygen atoms in total. The number of amides is 1. The third-order valence-electron chi connectivity index (χ3n) is 4.30. The zero-order valence-electron chi connectivity index (χ0n) is 13.4. The van der Waals surface area contributed by atoms with Gasteiger partial charge in [-0.15, -0.1) is 0 Å². The molecule has 1 aliphatic heterocycles. The van der Waals surface area contributed by atoms with Crippen molar-refractivity contribution in [1.29, 1.82) is 0 Å². The number of hydrogen-bond acceptors (Lipinski definition) is 3. The molecule has 1 aromatic carbocycles. The highest BCUT2D eigenvalue weighted by atomic mass is 35.5. The number of carbonyl (C=O) groups excluding carboxylic acids is 1. The summed E-state index contributed by atoms with van der Waals surface area (Å²) in [7, 11) is 0. The summed E-state index contributed by atoms with van der Waals surface area (Å²) in [4.78, 5) is 25.6. The van der Waals surface area contributed by atoms with E-state index in [-0.39, 0.29) is 18.4 Å². The molecule has 2 atom stereocenters. The average Bonchev–Trinajstić information content (AvgIpc) is 2.50. The standard InChI is InChI=1S/C17H22ClNO4/c1-3-23-16-12(6-4-8-14(16)18)10-15(20)19-9-5-7-13(11(19)2)17(21)22/h4,6,8,11,13H,3,5,7,9-10H2,1-2H3,(H,21,22)/t11-,13-/m0/s1. The van der Waals surface area contributed by atoms with Crippen molar-refractivity contribution in [2.24, 2.45) is 5.92 Å². The molecular weight excluding hydrogens is 318 g/mol. The molecule has 0 saturated carbocycles. The summed E-state index contributed by atoms with van der Waals surface area (Å²) < 4.78 is 5.55. The van der Waals surface area contributed by atoms with Gasteiger partial charge >= 0.3 is 5.97 Å². The second-order valence-corrected chi connectivity index (χ2v) is 6.16. The maximum atomic E-state index is 12.6. The lowest BCUT2D eigenvalue weighted by molar-refractivity contribution is -0.148. The number of carbonyl (C=O) groups is 2. The van der Waals surface area contributed by atoms with Crippen LogP contribution < -0.4 is 4.74 Å². The van der Waals surface area contributed by atoms with E-state index in [9.17, 15) is 14.7 Å². The quantitative estimate of drug-likeness (QED) is 0.895. The number of carboxylic acids is 1. The van der Waals surface area contributed by atoms with Gasteiger partial charge in [-0.05, 0) is 32.8 Å². The lowest BCUT2D eigenvalue weighted by Crippen LogP contribution is -2.49. The molecule has 1 aliphatic rings. The van der Waals surface area contributed by atoms with Gasteiger partial charge in [-0.1, -0.05) is 23.7 Å². The number of para-hydroxylation sites is 1. The number of ether oxygens (including phenoxy) is 1. The zero-order chi connectivity index (χ0) is 17.0. The highest BCUT2D eigenvalue weighted by Crippen LogP contribution is 2.30. The third kappa shape index (κ3) is 3.96. The van der Waals surface area contributed by atoms with Gasteiger partial charge in [-0.3, -0.25) is 9.59 Å². The second-order valence-electron chi connectivity index (χ2n) is 5.75. The molecule has 1 N–H and O–H groups in total. The minimum Gasteiger partial charge on any atom is -0.492 e. The van der Waals surface area contributed by atoms with E-state index in [1.807, 2.05) is 13.0 Å². The van der Waals surface area contributed by atoms with Crippen molar-refractivity contribution in [3.05, 3.63) is 28.8 Å². The highest BCUT2D eigenvalue weighted by Gasteiger charge is 2.35. The number of piperidine rings is 1. The fourth-order valence-electron chi connectivity index (χ4n) is 3.09. The summed E-state index contributed by atoms with van der Waals surface area (Å²) in [6.45, 7) is 4.72. The first kappa shape index (κ1) is 17.6. The Morgan fingerprint density at radius 2 is 2.17 bits per heavy atom. The monoisotopic (exact) mass is 339 g/mol. The fraction of sp³-hybridized carbons (Fsp3) is 0.529. The lowest BCUT2D eigenvalue weighted by atomic mass is 9.90. The number of hydrogen-bond donors (Lipinski definition) is 1. The minimum absolute atomic E-state index is 0.0910. The van der Waals surface area contributed by atoms with Crippen molar-refractivity contribution in [2.45, 2.75) is 39.2 Å². The molecule has 0 aliphatic carbocycles. The average molecular weight is 340 g/mol. The van der Waals surface area contributed by atoms with E-state index in [2.05, 4.69) is 0 Å². The lowest BCUT2D eigenvalue weighted by Gasteiger charge is -2.37. The predicted molar refractivity (Wildman–Crippen MR) is 87.9 cm³/mol. The third-order valence-corrected chi connectivity index (χ3v) is 4.60. The second kappa shape index (κ2) is 7.68. The van der Waals surface area contributed by atoms with Crippen LogP contribution in [0.2, 0.25) is 5.02 Å². The van der Waals surface area contributed by atoms with Crippen molar-refractivity contribution in [1.82, 2.24) is 4.90 Å². The summed E-state index contributed by atoms with van der Waals surface area (Å²) in [6, 6.07) is 5.03. The van der Waals surface area contributed by atoms with E-state index in [4.69, 9.17) is 16.3 Å². The molecule has 6 heteroatoms. The minimum atomic E-state index is -0.840. The van der Waals surface area contributed by atoms with Crippen LogP contribution in [-0.2, 0) is 16.0 Å². The Balaban J connectivity index is 2.16. The topological polar surface area (TPSA) is 66.8 Å². The fourth-order valence-corrected chi connectivity index (χ4v) is 3.34. The van der Waals surface area contributed by atoms with Gasteiger partial charge in [0.15, 0.2) is 0 Å². The molecule has 23 heavy (non-hydrogen) atoms. The summed E-state index contributed by atoms with van der Waals surface area (Å²) in [5, 5.41) is 9.75. The van der Waals surface area contributed by atoms with E-state index in [1.54, 1.807) is 24.0 Å². The summed E-state index contributed by atoms with van der Waals surface area (Å²) in [6.07, 6.45) is 1.48. The number of aliphatic carboxylic acids is 1. The van der Waals surface area contributed by atoms with E-state index in [0.717, 1.165) is 5.56 Å². The van der Waals surface area contributed by atoms with Gasteiger partial charge in [0, 0.05) is 18.2 Å². The molecule has 0 bridgehead atoms. The van der Waals surface area contributed by atoms with Gasteiger partial charge in [0.1, 0.15) is 5.75 Å². The van der Waals surface area contributed by atoms with Crippen LogP contribution in [0.25, 0.3) is 0 Å². The molecule has 0 unspecified atom stereocenters. The molecule has 0 radical (unpaired) electrons. The van der Waals surface area contributed by atoms with Crippen LogP contribution in [0.3, 0.4) is 0 Å². The van der Waals surface area contributed by atoms with Crippen molar-refractivity contribution >= 4 is 23.5 Å². The first-order valence-corrected chi connectivity index (χ1v) is 8.26. The Kier molecular flexibility index (Phi) is 5.88. The number of nitrogens with zero attached hydrogens (tertiary/aromatic N) is 1. The maximum Gasteiger partial charge on any atom is 0.308 e. The molecule has 1 amide bonds. The van der Waals surface area contributed by atoms with E-state index in [1.165, 1.54) is 0 Å². The summed E-state index contributed by atoms with van der Waals surface area (Å²) in [5.74, 6) is -0.901. The van der Waals surface area contributed by atoms with Gasteiger partial charge in [0.2, 0.25) is 5.91 Å². The summed E-state index contributed by atoms with van der Waals surface area (Å²) in [5.41, 5.74) is 0.731. The predicted octanol–water partition coefficient (Wildman–Crippen LogP) is 2.99. The molecule has 1 saturated heterocycles. The molecule has 1 heterocycles. The Morgan fingerprint density at radius 1 is 1.43 bits per heavy atom. The van der Waals surface area contributed by atoms with Gasteiger partial charge < -0.3 is 14.7 Å². The zero-order valence-corrected chi connectivity index (χ0v) is 14.2. The number of halogens is 1. The van der Waals surface area contributed by atoms with Crippen LogP contribution in [0.5, 0.6) is 5.75 Å². The number of rotatable bonds is 5. The van der Waals surface area contributed by atoms with Crippen molar-refractivity contribution in [2.75, 3.05) is 13.2 Å². The molecule has 126 valence electrons. The molecule has 2 rings (SSSR count). The van der Waals surface area contributed by atoms with Gasteiger partial charge in [0.25, 0.3) is 0 Å². The molecule has 1 fully saturated rings. The van der Waals surface area contributed by atoms with Crippen molar-refractivity contribution < 1.29 is 19.4 Å². The van der Waals surface area contributed by atoms with Gasteiger partial charge in [0.05, 0.1) is 24.0 Å². The van der Waals surface area contributed by atoms with Crippen molar-refractivity contribution in [3.63, 3.8) is 0 Å². The maximum absolute atomic E-state index is 12.6. The largest absolute Gasteiger partial charge is 0.492 e. The number of carboxylic acid groups (broad SMARTS) is 1. The van der Waals surface area contributed by atoms with Gasteiger partial charge in [-0.25, -0.2) is 0 Å². The normalized spacial score (nSPS) is 21.1. The first-order chi connectivity index (χ1) is 11.0. The van der Waals surface area contributed by atoms with E-state index < -0.39 is 11.9 Å². The van der Waals surface area contributed by atoms with Crippen LogP contribution >= 0.6 is 11.6 Å². The smallest absolute Gasteiger partial charge is 0.308 e. The Labute approximate surface area is 141 Å². The van der Waals surface area contributed by atoms with Crippen LogP contribution in [-0.4, -0.2) is 41.1 Å². The van der Waals surface area contributed by atoms with Crippen LogP contribution in [0, 0.1) is 5.92 Å². The van der Waals surface area contributed by atoms with E-state index in [0.29, 0.717) is 36.8 Å². The Bertz CT molecular complexity index is 590.